The van der Waals surface area contributed by atoms with Crippen LogP contribution in [0.25, 0.3) is 22.6 Å². The minimum Gasteiger partial charge on any atom is -0.325 e. The van der Waals surface area contributed by atoms with Crippen LogP contribution in [-0.2, 0) is 4.79 Å². The van der Waals surface area contributed by atoms with Gasteiger partial charge < -0.3 is 15.6 Å². The van der Waals surface area contributed by atoms with Crippen LogP contribution in [0, 0.1) is 0 Å². The fraction of sp³-hybridized carbons (Fsp3) is 0.273. The molecule has 0 radical (unpaired) electrons. The second kappa shape index (κ2) is 8.98. The maximum Gasteiger partial charge on any atom is 0.251 e. The molecule has 3 heterocycles. The van der Waals surface area contributed by atoms with Crippen molar-refractivity contribution in [1.29, 1.82) is 0 Å². The Hall–Kier alpha value is -3.36. The summed E-state index contributed by atoms with van der Waals surface area (Å²) >= 11 is 0. The van der Waals surface area contributed by atoms with Gasteiger partial charge in [0.05, 0.1) is 12.2 Å². The van der Waals surface area contributed by atoms with Gasteiger partial charge in [-0.15, -0.1) is 0 Å². The Bertz CT molecular complexity index is 1060. The molecule has 0 saturated carbocycles. The lowest BCUT2D eigenvalue weighted by molar-refractivity contribution is -0.118. The number of carbonyl (C=O) groups is 1. The predicted octanol–water partition coefficient (Wildman–Crippen LogP) is 1.73. The Morgan fingerprint density at radius 1 is 1.17 bits per heavy atom. The quantitative estimate of drug-likeness (QED) is 0.599. The lowest BCUT2D eigenvalue weighted by Gasteiger charge is -2.33. The van der Waals surface area contributed by atoms with E-state index in [4.69, 9.17) is 0 Å². The zero-order valence-corrected chi connectivity index (χ0v) is 16.8. The largest absolute Gasteiger partial charge is 0.325 e. The molecule has 0 bridgehead atoms. The average molecular weight is 404 g/mol. The van der Waals surface area contributed by atoms with Crippen molar-refractivity contribution in [2.45, 2.75) is 13.0 Å². The number of carbonyl (C=O) groups excluding carboxylic acids is 1. The van der Waals surface area contributed by atoms with Gasteiger partial charge in [-0.25, -0.2) is 4.98 Å². The molecule has 1 unspecified atom stereocenters. The maximum absolute atomic E-state index is 12.4. The minimum atomic E-state index is -0.227. The van der Waals surface area contributed by atoms with Crippen LogP contribution in [0.4, 0.5) is 5.69 Å². The van der Waals surface area contributed by atoms with Gasteiger partial charge in [0.1, 0.15) is 5.82 Å². The summed E-state index contributed by atoms with van der Waals surface area (Å²) < 4.78 is 0. The molecule has 1 amide bonds. The van der Waals surface area contributed by atoms with Crippen molar-refractivity contribution in [3.05, 3.63) is 65.2 Å². The average Bonchev–Trinajstić information content (AvgIpc) is 2.76. The first kappa shape index (κ1) is 19.9. The summed E-state index contributed by atoms with van der Waals surface area (Å²) in [6, 6.07) is 12.7. The van der Waals surface area contributed by atoms with Gasteiger partial charge in [-0.3, -0.25) is 19.5 Å². The number of aromatic nitrogens is 3. The lowest BCUT2D eigenvalue weighted by atomic mass is 10.1. The van der Waals surface area contributed by atoms with Crippen LogP contribution >= 0.6 is 0 Å². The monoisotopic (exact) mass is 404 g/mol. The zero-order chi connectivity index (χ0) is 20.9. The first-order chi connectivity index (χ1) is 14.6. The number of piperazine rings is 1. The standard InChI is InChI=1S/C22H24N6O2/c1-15-13-24-10-11-28(15)14-21(30)25-18-4-2-17(3-5-18)22-26-19(12-20(29)27-22)16-6-8-23-9-7-16/h2-9,12,15,24H,10-11,13-14H2,1H3,(H,25,30)(H,26,27,29). The van der Waals surface area contributed by atoms with Crippen molar-refractivity contribution >= 4 is 11.6 Å². The van der Waals surface area contributed by atoms with Gasteiger partial charge in [-0.05, 0) is 43.3 Å². The Kier molecular flexibility index (Phi) is 5.97. The molecule has 3 aromatic rings. The highest BCUT2D eigenvalue weighted by Crippen LogP contribution is 2.20. The van der Waals surface area contributed by atoms with Crippen molar-refractivity contribution in [2.75, 3.05) is 31.5 Å². The van der Waals surface area contributed by atoms with Crippen molar-refractivity contribution in [2.24, 2.45) is 0 Å². The molecule has 1 saturated heterocycles. The number of nitrogens with one attached hydrogen (secondary N) is 3. The Morgan fingerprint density at radius 3 is 2.67 bits per heavy atom. The van der Waals surface area contributed by atoms with E-state index in [1.165, 1.54) is 6.07 Å². The highest BCUT2D eigenvalue weighted by atomic mass is 16.2. The molecule has 1 atom stereocenters. The Labute approximate surface area is 174 Å². The summed E-state index contributed by atoms with van der Waals surface area (Å²) in [5.74, 6) is 0.435. The predicted molar refractivity (Wildman–Crippen MR) is 116 cm³/mol. The number of hydrogen-bond acceptors (Lipinski definition) is 6. The molecule has 1 aromatic carbocycles. The number of H-pyrrole nitrogens is 1. The minimum absolute atomic E-state index is 0.0392. The Balaban J connectivity index is 1.46. The van der Waals surface area contributed by atoms with Crippen LogP contribution in [0.3, 0.4) is 0 Å². The molecule has 8 nitrogen and oxygen atoms in total. The van der Waals surface area contributed by atoms with Crippen molar-refractivity contribution in [3.8, 4) is 22.6 Å². The third kappa shape index (κ3) is 4.79. The van der Waals surface area contributed by atoms with E-state index in [-0.39, 0.29) is 11.5 Å². The number of rotatable bonds is 5. The molecular weight excluding hydrogens is 380 g/mol. The van der Waals surface area contributed by atoms with Gasteiger partial charge in [0.2, 0.25) is 5.91 Å². The fourth-order valence-electron chi connectivity index (χ4n) is 3.48. The molecule has 1 aliphatic rings. The smallest absolute Gasteiger partial charge is 0.251 e. The molecule has 1 aliphatic heterocycles. The number of aromatic amines is 1. The molecule has 1 fully saturated rings. The number of benzene rings is 1. The van der Waals surface area contributed by atoms with Crippen LogP contribution in [0.2, 0.25) is 0 Å². The highest BCUT2D eigenvalue weighted by Gasteiger charge is 2.20. The first-order valence-corrected chi connectivity index (χ1v) is 9.95. The number of anilines is 1. The van der Waals surface area contributed by atoms with Crippen LogP contribution in [0.1, 0.15) is 6.92 Å². The molecule has 3 N–H and O–H groups in total. The van der Waals surface area contributed by atoms with Crippen LogP contribution in [0.5, 0.6) is 0 Å². The zero-order valence-electron chi connectivity index (χ0n) is 16.8. The molecule has 4 rings (SSSR count). The highest BCUT2D eigenvalue weighted by molar-refractivity contribution is 5.92. The van der Waals surface area contributed by atoms with Gasteiger partial charge in [-0.1, -0.05) is 0 Å². The van der Waals surface area contributed by atoms with Gasteiger partial charge in [-0.2, -0.15) is 0 Å². The summed E-state index contributed by atoms with van der Waals surface area (Å²) in [6.45, 7) is 5.14. The molecule has 8 heteroatoms. The van der Waals surface area contributed by atoms with Crippen molar-refractivity contribution in [3.63, 3.8) is 0 Å². The van der Waals surface area contributed by atoms with E-state index in [9.17, 15) is 9.59 Å². The van der Waals surface area contributed by atoms with Gasteiger partial charge in [0.25, 0.3) is 5.56 Å². The normalized spacial score (nSPS) is 16.9. The van der Waals surface area contributed by atoms with E-state index in [2.05, 4.69) is 37.4 Å². The molecule has 154 valence electrons. The summed E-state index contributed by atoms with van der Waals surface area (Å²) in [4.78, 5) is 38.0. The summed E-state index contributed by atoms with van der Waals surface area (Å²) in [5.41, 5.74) is 2.65. The number of pyridine rings is 1. The third-order valence-electron chi connectivity index (χ3n) is 5.15. The Morgan fingerprint density at radius 2 is 1.93 bits per heavy atom. The van der Waals surface area contributed by atoms with Crippen molar-refractivity contribution in [1.82, 2.24) is 25.2 Å². The summed E-state index contributed by atoms with van der Waals surface area (Å²) in [6.07, 6.45) is 3.33. The molecule has 0 aliphatic carbocycles. The lowest BCUT2D eigenvalue weighted by Crippen LogP contribution is -2.51. The third-order valence-corrected chi connectivity index (χ3v) is 5.15. The van der Waals surface area contributed by atoms with E-state index >= 15 is 0 Å². The van der Waals surface area contributed by atoms with Crippen LogP contribution < -0.4 is 16.2 Å². The van der Waals surface area contributed by atoms with Gasteiger partial charge in [0, 0.05) is 61.0 Å². The number of amides is 1. The van der Waals surface area contributed by atoms with E-state index < -0.39 is 0 Å². The molecule has 0 spiro atoms. The number of hydrogen-bond donors (Lipinski definition) is 3. The SMILES string of the molecule is CC1CNCCN1CC(=O)Nc1ccc(-c2nc(-c3ccncc3)cc(=O)[nH]2)cc1. The summed E-state index contributed by atoms with van der Waals surface area (Å²) in [7, 11) is 0. The molecule has 30 heavy (non-hydrogen) atoms. The van der Waals surface area contributed by atoms with E-state index in [0.29, 0.717) is 29.8 Å². The van der Waals surface area contributed by atoms with Crippen LogP contribution in [0.15, 0.2) is 59.7 Å². The molecule has 2 aromatic heterocycles. The second-order valence-corrected chi connectivity index (χ2v) is 7.36. The van der Waals surface area contributed by atoms with Gasteiger partial charge in [0.15, 0.2) is 0 Å². The first-order valence-electron chi connectivity index (χ1n) is 9.95. The van der Waals surface area contributed by atoms with E-state index in [0.717, 1.165) is 30.8 Å². The maximum atomic E-state index is 12.4. The topological polar surface area (TPSA) is 103 Å². The fourth-order valence-corrected chi connectivity index (χ4v) is 3.48. The van der Waals surface area contributed by atoms with E-state index in [1.807, 2.05) is 36.4 Å². The number of nitrogens with zero attached hydrogens (tertiary/aromatic N) is 3. The molecular formula is C22H24N6O2. The van der Waals surface area contributed by atoms with Gasteiger partial charge >= 0.3 is 0 Å². The van der Waals surface area contributed by atoms with E-state index in [1.54, 1.807) is 12.4 Å². The van der Waals surface area contributed by atoms with Crippen molar-refractivity contribution < 1.29 is 4.79 Å². The summed E-state index contributed by atoms with van der Waals surface area (Å²) in [5, 5.41) is 6.26. The van der Waals surface area contributed by atoms with Crippen LogP contribution in [-0.4, -0.2) is 58.0 Å². The second-order valence-electron chi connectivity index (χ2n) is 7.36.